The highest BCUT2D eigenvalue weighted by Crippen LogP contribution is 2.18. The van der Waals surface area contributed by atoms with Gasteiger partial charge in [-0.2, -0.15) is 0 Å². The van der Waals surface area contributed by atoms with Gasteiger partial charge in [0.1, 0.15) is 24.7 Å². The molecule has 0 radical (unpaired) electrons. The Morgan fingerprint density at radius 2 is 1.45 bits per heavy atom. The van der Waals surface area contributed by atoms with E-state index in [2.05, 4.69) is 15.9 Å². The molecule has 0 bridgehead atoms. The maximum absolute atomic E-state index is 12.4. The molecule has 0 spiro atoms. The number of benzene rings is 3. The van der Waals surface area contributed by atoms with Crippen LogP contribution in [0.4, 0.5) is 0 Å². The van der Waals surface area contributed by atoms with E-state index in [1.54, 1.807) is 36.4 Å². The van der Waals surface area contributed by atoms with Gasteiger partial charge in [0.2, 0.25) is 0 Å². The number of carbonyl (C=O) groups is 2. The van der Waals surface area contributed by atoms with Gasteiger partial charge in [-0.3, -0.25) is 4.79 Å². The Morgan fingerprint density at radius 3 is 2.17 bits per heavy atom. The number of rotatable bonds is 9. The Hall–Kier alpha value is -3.12. The van der Waals surface area contributed by atoms with Gasteiger partial charge in [0, 0.05) is 15.6 Å². The van der Waals surface area contributed by atoms with Crippen LogP contribution in [0.1, 0.15) is 15.9 Å². The number of ketones is 1. The number of halogens is 1. The molecule has 0 heterocycles. The molecule has 0 fully saturated rings. The van der Waals surface area contributed by atoms with Crippen molar-refractivity contribution in [1.82, 2.24) is 0 Å². The first-order valence-corrected chi connectivity index (χ1v) is 9.78. The van der Waals surface area contributed by atoms with Crippen molar-refractivity contribution in [2.75, 3.05) is 19.8 Å². The summed E-state index contributed by atoms with van der Waals surface area (Å²) in [6.45, 7) is 0.153. The highest BCUT2D eigenvalue weighted by atomic mass is 79.9. The van der Waals surface area contributed by atoms with Crippen LogP contribution in [0.2, 0.25) is 0 Å². The van der Waals surface area contributed by atoms with Gasteiger partial charge in [0.15, 0.2) is 12.4 Å². The molecule has 0 unspecified atom stereocenters. The zero-order chi connectivity index (χ0) is 20.5. The van der Waals surface area contributed by atoms with Crippen molar-refractivity contribution < 1.29 is 23.8 Å². The molecular weight excluding hydrogens is 436 g/mol. The van der Waals surface area contributed by atoms with E-state index in [1.807, 2.05) is 42.5 Å². The molecule has 0 amide bonds. The van der Waals surface area contributed by atoms with Crippen LogP contribution in [0.15, 0.2) is 83.3 Å². The third-order valence-electron chi connectivity index (χ3n) is 3.92. The molecule has 0 aliphatic carbocycles. The highest BCUT2D eigenvalue weighted by molar-refractivity contribution is 9.10. The first kappa shape index (κ1) is 20.6. The summed E-state index contributed by atoms with van der Waals surface area (Å²) in [5, 5.41) is 0. The molecule has 0 aliphatic rings. The predicted octanol–water partition coefficient (Wildman–Crippen LogP) is 4.68. The van der Waals surface area contributed by atoms with Gasteiger partial charge in [0.05, 0.1) is 0 Å². The average Bonchev–Trinajstić information content (AvgIpc) is 2.76. The fourth-order valence-electron chi connectivity index (χ4n) is 2.51. The van der Waals surface area contributed by atoms with Crippen LogP contribution in [0, 0.1) is 0 Å². The van der Waals surface area contributed by atoms with E-state index in [0.717, 1.165) is 4.47 Å². The van der Waals surface area contributed by atoms with Crippen molar-refractivity contribution in [2.45, 2.75) is 0 Å². The van der Waals surface area contributed by atoms with Crippen LogP contribution >= 0.6 is 15.9 Å². The van der Waals surface area contributed by atoms with Crippen molar-refractivity contribution in [2.24, 2.45) is 0 Å². The molecule has 6 heteroatoms. The Morgan fingerprint density at radius 1 is 0.724 bits per heavy atom. The second-order valence-electron chi connectivity index (χ2n) is 6.03. The minimum absolute atomic E-state index is 0.0676. The molecule has 0 atom stereocenters. The minimum Gasteiger partial charge on any atom is -0.490 e. The summed E-state index contributed by atoms with van der Waals surface area (Å²) in [5.74, 6) is 0.614. The number of esters is 1. The molecule has 0 saturated carbocycles. The fourth-order valence-corrected chi connectivity index (χ4v) is 2.89. The largest absolute Gasteiger partial charge is 0.490 e. The predicted molar refractivity (Wildman–Crippen MR) is 112 cm³/mol. The van der Waals surface area contributed by atoms with Gasteiger partial charge in [-0.15, -0.1) is 0 Å². The average molecular weight is 455 g/mol. The number of hydrogen-bond donors (Lipinski definition) is 0. The summed E-state index contributed by atoms with van der Waals surface area (Å²) >= 11 is 3.36. The van der Waals surface area contributed by atoms with Crippen molar-refractivity contribution in [3.05, 3.63) is 94.5 Å². The lowest BCUT2D eigenvalue weighted by Crippen LogP contribution is -2.18. The van der Waals surface area contributed by atoms with Crippen molar-refractivity contribution in [1.29, 1.82) is 0 Å². The highest BCUT2D eigenvalue weighted by Gasteiger charge is 2.09. The lowest BCUT2D eigenvalue weighted by atomic mass is 10.0. The fraction of sp³-hybridized carbons (Fsp3) is 0.130. The third kappa shape index (κ3) is 6.47. The van der Waals surface area contributed by atoms with Crippen LogP contribution in [-0.2, 0) is 9.53 Å². The summed E-state index contributed by atoms with van der Waals surface area (Å²) in [6, 6.07) is 23.1. The molecule has 148 valence electrons. The summed E-state index contributed by atoms with van der Waals surface area (Å²) in [6.07, 6.45) is 0. The Kier molecular flexibility index (Phi) is 7.41. The van der Waals surface area contributed by atoms with Gasteiger partial charge >= 0.3 is 5.97 Å². The molecular formula is C23H19BrO5. The SMILES string of the molecule is O=C(COc1ccc(C(=O)c2ccccc2)cc1)OCCOc1cccc(Br)c1. The van der Waals surface area contributed by atoms with Crippen LogP contribution in [0.5, 0.6) is 11.5 Å². The van der Waals surface area contributed by atoms with Gasteiger partial charge in [-0.1, -0.05) is 52.3 Å². The minimum atomic E-state index is -0.493. The first-order valence-electron chi connectivity index (χ1n) is 8.98. The maximum atomic E-state index is 12.4. The summed E-state index contributed by atoms with van der Waals surface area (Å²) < 4.78 is 16.9. The lowest BCUT2D eigenvalue weighted by Gasteiger charge is -2.09. The lowest BCUT2D eigenvalue weighted by molar-refractivity contribution is -0.146. The molecule has 0 saturated heterocycles. The van der Waals surface area contributed by atoms with E-state index in [4.69, 9.17) is 14.2 Å². The van der Waals surface area contributed by atoms with Crippen LogP contribution in [0.3, 0.4) is 0 Å². The standard InChI is InChI=1S/C23H19BrO5/c24-19-7-4-8-21(15-19)27-13-14-28-22(25)16-29-20-11-9-18(10-12-20)23(26)17-5-2-1-3-6-17/h1-12,15H,13-14,16H2. The van der Waals surface area contributed by atoms with Crippen LogP contribution < -0.4 is 9.47 Å². The van der Waals surface area contributed by atoms with Gasteiger partial charge in [-0.05, 0) is 42.5 Å². The second kappa shape index (κ2) is 10.4. The Balaban J connectivity index is 1.39. The van der Waals surface area contributed by atoms with Crippen molar-refractivity contribution in [3.8, 4) is 11.5 Å². The van der Waals surface area contributed by atoms with Crippen LogP contribution in [0.25, 0.3) is 0 Å². The zero-order valence-electron chi connectivity index (χ0n) is 15.5. The number of ether oxygens (including phenoxy) is 3. The topological polar surface area (TPSA) is 61.8 Å². The molecule has 0 aliphatic heterocycles. The smallest absolute Gasteiger partial charge is 0.344 e. The molecule has 3 aromatic rings. The molecule has 0 N–H and O–H groups in total. The first-order chi connectivity index (χ1) is 14.1. The van der Waals surface area contributed by atoms with Gasteiger partial charge in [-0.25, -0.2) is 4.79 Å². The number of hydrogen-bond acceptors (Lipinski definition) is 5. The summed E-state index contributed by atoms with van der Waals surface area (Å²) in [7, 11) is 0. The molecule has 3 rings (SSSR count). The van der Waals surface area contributed by atoms with E-state index < -0.39 is 5.97 Å². The normalized spacial score (nSPS) is 10.2. The zero-order valence-corrected chi connectivity index (χ0v) is 17.1. The van der Waals surface area contributed by atoms with E-state index in [9.17, 15) is 9.59 Å². The summed E-state index contributed by atoms with van der Waals surface area (Å²) in [4.78, 5) is 24.1. The van der Waals surface area contributed by atoms with E-state index in [-0.39, 0.29) is 25.6 Å². The monoisotopic (exact) mass is 454 g/mol. The Bertz CT molecular complexity index is 955. The van der Waals surface area contributed by atoms with Gasteiger partial charge < -0.3 is 14.2 Å². The van der Waals surface area contributed by atoms with E-state index in [0.29, 0.717) is 22.6 Å². The molecule has 29 heavy (non-hydrogen) atoms. The molecule has 5 nitrogen and oxygen atoms in total. The quantitative estimate of drug-likeness (QED) is 0.266. The maximum Gasteiger partial charge on any atom is 0.344 e. The number of carbonyl (C=O) groups excluding carboxylic acids is 2. The van der Waals surface area contributed by atoms with Crippen LogP contribution in [-0.4, -0.2) is 31.6 Å². The van der Waals surface area contributed by atoms with E-state index >= 15 is 0 Å². The Labute approximate surface area is 177 Å². The van der Waals surface area contributed by atoms with Crippen molar-refractivity contribution >= 4 is 27.7 Å². The van der Waals surface area contributed by atoms with Gasteiger partial charge in [0.25, 0.3) is 0 Å². The van der Waals surface area contributed by atoms with E-state index in [1.165, 1.54) is 0 Å². The second-order valence-corrected chi connectivity index (χ2v) is 6.95. The molecule has 0 aromatic heterocycles. The van der Waals surface area contributed by atoms with Crippen molar-refractivity contribution in [3.63, 3.8) is 0 Å². The molecule has 3 aromatic carbocycles. The summed E-state index contributed by atoms with van der Waals surface area (Å²) in [5.41, 5.74) is 1.17. The third-order valence-corrected chi connectivity index (χ3v) is 4.41.